The molecule has 1 atom stereocenters. The van der Waals surface area contributed by atoms with Gasteiger partial charge in [-0.15, -0.1) is 0 Å². The second-order valence-electron chi connectivity index (χ2n) is 5.07. The van der Waals surface area contributed by atoms with Crippen LogP contribution < -0.4 is 0 Å². The SMILES string of the molecule is C[C@H](N=Cc1ccc(-c2ccncc2)cn1)c1ccccc1. The van der Waals surface area contributed by atoms with Gasteiger partial charge in [-0.3, -0.25) is 15.0 Å². The summed E-state index contributed by atoms with van der Waals surface area (Å²) in [6, 6.07) is 18.4. The topological polar surface area (TPSA) is 38.1 Å². The predicted molar refractivity (Wildman–Crippen MR) is 89.9 cm³/mol. The van der Waals surface area contributed by atoms with Crippen molar-refractivity contribution in [2.45, 2.75) is 13.0 Å². The van der Waals surface area contributed by atoms with Gasteiger partial charge in [0, 0.05) is 30.4 Å². The lowest BCUT2D eigenvalue weighted by Gasteiger charge is -2.05. The van der Waals surface area contributed by atoms with Gasteiger partial charge in [-0.25, -0.2) is 0 Å². The molecule has 3 heteroatoms. The van der Waals surface area contributed by atoms with E-state index in [0.717, 1.165) is 16.8 Å². The average Bonchev–Trinajstić information content (AvgIpc) is 2.61. The first-order chi connectivity index (χ1) is 10.8. The number of aromatic nitrogens is 2. The monoisotopic (exact) mass is 287 g/mol. The third-order valence-electron chi connectivity index (χ3n) is 3.51. The molecule has 0 aliphatic rings. The van der Waals surface area contributed by atoms with Crippen molar-refractivity contribution in [3.63, 3.8) is 0 Å². The third kappa shape index (κ3) is 3.44. The number of aliphatic imine (C=N–C) groups is 1. The molecule has 3 nitrogen and oxygen atoms in total. The number of hydrogen-bond acceptors (Lipinski definition) is 3. The first-order valence-electron chi connectivity index (χ1n) is 7.27. The minimum Gasteiger partial charge on any atom is -0.283 e. The zero-order chi connectivity index (χ0) is 15.2. The molecule has 3 rings (SSSR count). The minimum atomic E-state index is 0.128. The van der Waals surface area contributed by atoms with E-state index in [1.54, 1.807) is 12.4 Å². The molecule has 0 amide bonds. The van der Waals surface area contributed by atoms with Crippen molar-refractivity contribution in [2.75, 3.05) is 0 Å². The van der Waals surface area contributed by atoms with Gasteiger partial charge in [0.15, 0.2) is 0 Å². The molecule has 2 aromatic heterocycles. The fourth-order valence-corrected chi connectivity index (χ4v) is 2.20. The Kier molecular flexibility index (Phi) is 4.35. The number of hydrogen-bond donors (Lipinski definition) is 0. The van der Waals surface area contributed by atoms with Crippen LogP contribution in [0.5, 0.6) is 0 Å². The van der Waals surface area contributed by atoms with Crippen LogP contribution in [-0.4, -0.2) is 16.2 Å². The van der Waals surface area contributed by atoms with E-state index in [2.05, 4.69) is 40.1 Å². The van der Waals surface area contributed by atoms with E-state index in [-0.39, 0.29) is 6.04 Å². The number of rotatable bonds is 4. The van der Waals surface area contributed by atoms with Gasteiger partial charge >= 0.3 is 0 Å². The van der Waals surface area contributed by atoms with Crippen molar-refractivity contribution in [1.29, 1.82) is 0 Å². The quantitative estimate of drug-likeness (QED) is 0.670. The van der Waals surface area contributed by atoms with E-state index in [4.69, 9.17) is 0 Å². The summed E-state index contributed by atoms with van der Waals surface area (Å²) in [6.45, 7) is 2.08. The molecule has 22 heavy (non-hydrogen) atoms. The largest absolute Gasteiger partial charge is 0.283 e. The van der Waals surface area contributed by atoms with Crippen LogP contribution >= 0.6 is 0 Å². The van der Waals surface area contributed by atoms with Crippen LogP contribution in [0.2, 0.25) is 0 Å². The van der Waals surface area contributed by atoms with E-state index >= 15 is 0 Å². The highest BCUT2D eigenvalue weighted by Crippen LogP contribution is 2.18. The van der Waals surface area contributed by atoms with E-state index in [0.29, 0.717) is 0 Å². The molecule has 0 aliphatic heterocycles. The zero-order valence-electron chi connectivity index (χ0n) is 12.4. The number of benzene rings is 1. The first kappa shape index (κ1) is 14.1. The standard InChI is InChI=1S/C19H17N3/c1-15(16-5-3-2-4-6-16)21-14-19-8-7-18(13-22-19)17-9-11-20-12-10-17/h2-15H,1H3/t15-/m0/s1. The molecule has 0 saturated carbocycles. The molecule has 108 valence electrons. The van der Waals surface area contributed by atoms with Gasteiger partial charge in [0.25, 0.3) is 0 Å². The summed E-state index contributed by atoms with van der Waals surface area (Å²) in [5.41, 5.74) is 4.26. The van der Waals surface area contributed by atoms with Gasteiger partial charge in [-0.2, -0.15) is 0 Å². The summed E-state index contributed by atoms with van der Waals surface area (Å²) in [4.78, 5) is 13.0. The molecule has 2 heterocycles. The van der Waals surface area contributed by atoms with Crippen LogP contribution in [0, 0.1) is 0 Å². The summed E-state index contributed by atoms with van der Waals surface area (Å²) in [5, 5.41) is 0. The molecule has 1 aromatic carbocycles. The summed E-state index contributed by atoms with van der Waals surface area (Å²) in [7, 11) is 0. The van der Waals surface area contributed by atoms with E-state index in [1.165, 1.54) is 5.56 Å². The molecule has 0 bridgehead atoms. The van der Waals surface area contributed by atoms with Crippen LogP contribution in [0.3, 0.4) is 0 Å². The fraction of sp³-hybridized carbons (Fsp3) is 0.105. The summed E-state index contributed by atoms with van der Waals surface area (Å²) in [6.07, 6.45) is 7.26. The lowest BCUT2D eigenvalue weighted by atomic mass is 10.1. The van der Waals surface area contributed by atoms with Gasteiger partial charge in [0.1, 0.15) is 0 Å². The first-order valence-corrected chi connectivity index (χ1v) is 7.27. The van der Waals surface area contributed by atoms with Crippen LogP contribution in [0.4, 0.5) is 0 Å². The van der Waals surface area contributed by atoms with Crippen LogP contribution in [0.25, 0.3) is 11.1 Å². The maximum atomic E-state index is 4.57. The summed E-state index contributed by atoms with van der Waals surface area (Å²) >= 11 is 0. The highest BCUT2D eigenvalue weighted by Gasteiger charge is 2.01. The predicted octanol–water partition coefficient (Wildman–Crippen LogP) is 4.32. The van der Waals surface area contributed by atoms with E-state index in [1.807, 2.05) is 48.8 Å². The zero-order valence-corrected chi connectivity index (χ0v) is 12.4. The third-order valence-corrected chi connectivity index (χ3v) is 3.51. The van der Waals surface area contributed by atoms with Gasteiger partial charge in [0.2, 0.25) is 0 Å². The molecule has 0 saturated heterocycles. The Balaban J connectivity index is 1.72. The van der Waals surface area contributed by atoms with Gasteiger partial charge in [-0.1, -0.05) is 36.4 Å². The molecule has 0 fully saturated rings. The number of pyridine rings is 2. The van der Waals surface area contributed by atoms with Crippen LogP contribution in [-0.2, 0) is 0 Å². The average molecular weight is 287 g/mol. The van der Waals surface area contributed by atoms with Crippen molar-refractivity contribution in [2.24, 2.45) is 4.99 Å². The lowest BCUT2D eigenvalue weighted by Crippen LogP contribution is -1.93. The highest BCUT2D eigenvalue weighted by atomic mass is 14.8. The van der Waals surface area contributed by atoms with Gasteiger partial charge in [0.05, 0.1) is 11.7 Å². The Morgan fingerprint density at radius 3 is 2.36 bits per heavy atom. The smallest absolute Gasteiger partial charge is 0.0808 e. The van der Waals surface area contributed by atoms with Crippen molar-refractivity contribution in [3.05, 3.63) is 84.4 Å². The summed E-state index contributed by atoms with van der Waals surface area (Å²) < 4.78 is 0. The molecule has 0 unspecified atom stereocenters. The second-order valence-corrected chi connectivity index (χ2v) is 5.07. The Hall–Kier alpha value is -2.81. The molecular formula is C19H17N3. The normalized spacial score (nSPS) is 12.4. The Morgan fingerprint density at radius 2 is 1.68 bits per heavy atom. The minimum absolute atomic E-state index is 0.128. The van der Waals surface area contributed by atoms with Gasteiger partial charge in [-0.05, 0) is 36.2 Å². The maximum Gasteiger partial charge on any atom is 0.0808 e. The Labute approximate surface area is 130 Å². The van der Waals surface area contributed by atoms with Crippen molar-refractivity contribution >= 4 is 6.21 Å². The highest BCUT2D eigenvalue weighted by molar-refractivity contribution is 5.78. The van der Waals surface area contributed by atoms with E-state index < -0.39 is 0 Å². The summed E-state index contributed by atoms with van der Waals surface area (Å²) in [5.74, 6) is 0. The molecule has 0 radical (unpaired) electrons. The second kappa shape index (κ2) is 6.76. The molecule has 0 N–H and O–H groups in total. The maximum absolute atomic E-state index is 4.57. The molecule has 0 aliphatic carbocycles. The van der Waals surface area contributed by atoms with E-state index in [9.17, 15) is 0 Å². The molecule has 3 aromatic rings. The number of nitrogens with zero attached hydrogens (tertiary/aromatic N) is 3. The fourth-order valence-electron chi connectivity index (χ4n) is 2.20. The van der Waals surface area contributed by atoms with Crippen molar-refractivity contribution in [3.8, 4) is 11.1 Å². The Bertz CT molecular complexity index is 735. The lowest BCUT2D eigenvalue weighted by molar-refractivity contribution is 0.824. The van der Waals surface area contributed by atoms with Crippen molar-refractivity contribution in [1.82, 2.24) is 9.97 Å². The van der Waals surface area contributed by atoms with Crippen LogP contribution in [0.1, 0.15) is 24.2 Å². The van der Waals surface area contributed by atoms with Gasteiger partial charge < -0.3 is 0 Å². The van der Waals surface area contributed by atoms with Crippen LogP contribution in [0.15, 0.2) is 78.2 Å². The molecule has 0 spiro atoms. The molecular weight excluding hydrogens is 270 g/mol. The Morgan fingerprint density at radius 1 is 0.909 bits per heavy atom. The van der Waals surface area contributed by atoms with Crippen molar-refractivity contribution < 1.29 is 0 Å².